The van der Waals surface area contributed by atoms with E-state index in [-0.39, 0.29) is 17.0 Å². The van der Waals surface area contributed by atoms with Crippen molar-refractivity contribution in [1.82, 2.24) is 14.9 Å². The van der Waals surface area contributed by atoms with Gasteiger partial charge in [0.15, 0.2) is 0 Å². The predicted octanol–water partition coefficient (Wildman–Crippen LogP) is 1.26. The van der Waals surface area contributed by atoms with E-state index < -0.39 is 0 Å². The minimum Gasteiger partial charge on any atom is -0.338 e. The largest absolute Gasteiger partial charge is 0.338 e. The average Bonchev–Trinajstić information content (AvgIpc) is 2.28. The molecule has 1 aromatic rings. The molecule has 1 aliphatic heterocycles. The molecule has 0 radical (unpaired) electrons. The van der Waals surface area contributed by atoms with E-state index in [1.54, 1.807) is 18.7 Å². The van der Waals surface area contributed by atoms with Gasteiger partial charge in [-0.3, -0.25) is 9.59 Å². The molecule has 5 nitrogen and oxygen atoms in total. The number of carbonyl (C=O) groups is 1. The first-order valence-corrected chi connectivity index (χ1v) is 6.36. The summed E-state index contributed by atoms with van der Waals surface area (Å²) in [4.78, 5) is 32.7. The molecule has 1 amide bonds. The van der Waals surface area contributed by atoms with E-state index in [1.807, 2.05) is 0 Å². The average molecular weight is 249 g/mol. The highest BCUT2D eigenvalue weighted by atomic mass is 16.2. The van der Waals surface area contributed by atoms with Gasteiger partial charge in [-0.05, 0) is 32.6 Å². The number of hydrogen-bond acceptors (Lipinski definition) is 3. The summed E-state index contributed by atoms with van der Waals surface area (Å²) in [7, 11) is 0. The summed E-state index contributed by atoms with van der Waals surface area (Å²) >= 11 is 0. The number of carbonyl (C=O) groups excluding carboxylic acids is 1. The first-order chi connectivity index (χ1) is 8.49. The number of piperidine rings is 1. The molecule has 0 aliphatic carbocycles. The van der Waals surface area contributed by atoms with E-state index in [0.717, 1.165) is 25.9 Å². The summed E-state index contributed by atoms with van der Waals surface area (Å²) in [5.41, 5.74) is 0.374. The molecule has 0 spiro atoms. The Bertz CT molecular complexity index is 513. The summed E-state index contributed by atoms with van der Waals surface area (Å²) in [5, 5.41) is 0. The van der Waals surface area contributed by atoms with Crippen molar-refractivity contribution in [2.75, 3.05) is 13.1 Å². The summed E-state index contributed by atoms with van der Waals surface area (Å²) in [6.45, 7) is 7.07. The molecule has 18 heavy (non-hydrogen) atoms. The third-order valence-electron chi connectivity index (χ3n) is 3.50. The molecule has 1 aromatic heterocycles. The Balaban J connectivity index is 2.27. The molecule has 0 atom stereocenters. The molecule has 0 saturated carbocycles. The van der Waals surface area contributed by atoms with Gasteiger partial charge in [0.05, 0.1) is 5.69 Å². The molecule has 1 saturated heterocycles. The summed E-state index contributed by atoms with van der Waals surface area (Å²) in [6.07, 6.45) is 2.00. The van der Waals surface area contributed by atoms with Crippen molar-refractivity contribution in [2.24, 2.45) is 5.92 Å². The molecule has 98 valence electrons. The molecule has 0 bridgehead atoms. The minimum atomic E-state index is -0.330. The zero-order valence-electron chi connectivity index (χ0n) is 11.1. The van der Waals surface area contributed by atoms with Crippen LogP contribution in [0.1, 0.15) is 41.6 Å². The van der Waals surface area contributed by atoms with E-state index >= 15 is 0 Å². The lowest BCUT2D eigenvalue weighted by molar-refractivity contribution is 0.0694. The van der Waals surface area contributed by atoms with E-state index in [9.17, 15) is 9.59 Å². The van der Waals surface area contributed by atoms with Crippen LogP contribution >= 0.6 is 0 Å². The summed E-state index contributed by atoms with van der Waals surface area (Å²) in [6, 6.07) is 0. The van der Waals surface area contributed by atoms with Crippen molar-refractivity contribution in [2.45, 2.75) is 33.6 Å². The zero-order valence-corrected chi connectivity index (χ0v) is 11.1. The maximum absolute atomic E-state index is 12.3. The number of likely N-dealkylation sites (tertiary alicyclic amines) is 1. The Morgan fingerprint density at radius 1 is 1.33 bits per heavy atom. The maximum Gasteiger partial charge on any atom is 0.264 e. The van der Waals surface area contributed by atoms with Crippen LogP contribution < -0.4 is 5.56 Å². The maximum atomic E-state index is 12.3. The Labute approximate surface area is 106 Å². The van der Waals surface area contributed by atoms with Crippen molar-refractivity contribution in [1.29, 1.82) is 0 Å². The van der Waals surface area contributed by atoms with Gasteiger partial charge in [0, 0.05) is 13.1 Å². The minimum absolute atomic E-state index is 0.187. The predicted molar refractivity (Wildman–Crippen MR) is 68.6 cm³/mol. The van der Waals surface area contributed by atoms with Crippen molar-refractivity contribution >= 4 is 5.91 Å². The monoisotopic (exact) mass is 249 g/mol. The number of rotatable bonds is 1. The van der Waals surface area contributed by atoms with Crippen molar-refractivity contribution in [3.05, 3.63) is 27.4 Å². The molecule has 0 unspecified atom stereocenters. The van der Waals surface area contributed by atoms with Crippen LogP contribution in [0.4, 0.5) is 0 Å². The van der Waals surface area contributed by atoms with Crippen LogP contribution in [-0.4, -0.2) is 33.9 Å². The van der Waals surface area contributed by atoms with Crippen LogP contribution in [-0.2, 0) is 0 Å². The van der Waals surface area contributed by atoms with Crippen LogP contribution in [0.5, 0.6) is 0 Å². The molecular formula is C13H19N3O2. The molecular weight excluding hydrogens is 230 g/mol. The molecule has 1 aliphatic rings. The van der Waals surface area contributed by atoms with Gasteiger partial charge in [0.25, 0.3) is 11.5 Å². The zero-order chi connectivity index (χ0) is 13.3. The Morgan fingerprint density at radius 3 is 2.50 bits per heavy atom. The number of nitrogens with one attached hydrogen (secondary N) is 1. The highest BCUT2D eigenvalue weighted by molar-refractivity contribution is 5.94. The van der Waals surface area contributed by atoms with E-state index in [1.165, 1.54) is 0 Å². The lowest BCUT2D eigenvalue weighted by Gasteiger charge is -2.30. The fourth-order valence-electron chi connectivity index (χ4n) is 2.35. The van der Waals surface area contributed by atoms with Crippen LogP contribution in [0.3, 0.4) is 0 Å². The fourth-order valence-corrected chi connectivity index (χ4v) is 2.35. The van der Waals surface area contributed by atoms with Crippen LogP contribution in [0.2, 0.25) is 0 Å². The van der Waals surface area contributed by atoms with Gasteiger partial charge in [-0.2, -0.15) is 0 Å². The molecule has 5 heteroatoms. The highest BCUT2D eigenvalue weighted by Gasteiger charge is 2.25. The standard InChI is InChI=1S/C13H19N3O2/c1-8-4-6-16(7-5-8)13(18)11-9(2)14-10(3)15-12(11)17/h8H,4-7H2,1-3H3,(H,14,15,17). The van der Waals surface area contributed by atoms with Crippen molar-refractivity contribution < 1.29 is 4.79 Å². The van der Waals surface area contributed by atoms with Crippen LogP contribution in [0, 0.1) is 19.8 Å². The second-order valence-electron chi connectivity index (χ2n) is 5.09. The SMILES string of the molecule is Cc1nc(C)c(C(=O)N2CCC(C)CC2)c(=O)[nH]1. The van der Waals surface area contributed by atoms with Gasteiger partial charge in [-0.1, -0.05) is 6.92 Å². The normalized spacial score (nSPS) is 16.9. The van der Waals surface area contributed by atoms with E-state index in [0.29, 0.717) is 17.4 Å². The Hall–Kier alpha value is -1.65. The van der Waals surface area contributed by atoms with Gasteiger partial charge < -0.3 is 9.88 Å². The second kappa shape index (κ2) is 4.92. The molecule has 2 rings (SSSR count). The van der Waals surface area contributed by atoms with Crippen LogP contribution in [0.15, 0.2) is 4.79 Å². The molecule has 2 heterocycles. The third kappa shape index (κ3) is 2.44. The van der Waals surface area contributed by atoms with E-state index in [4.69, 9.17) is 0 Å². The highest BCUT2D eigenvalue weighted by Crippen LogP contribution is 2.17. The Kier molecular flexibility index (Phi) is 3.50. The number of aromatic amines is 1. The molecule has 0 aromatic carbocycles. The number of aryl methyl sites for hydroxylation is 2. The van der Waals surface area contributed by atoms with Gasteiger partial charge in [-0.15, -0.1) is 0 Å². The first-order valence-electron chi connectivity index (χ1n) is 6.36. The topological polar surface area (TPSA) is 66.1 Å². The fraction of sp³-hybridized carbons (Fsp3) is 0.615. The van der Waals surface area contributed by atoms with Gasteiger partial charge in [0.2, 0.25) is 0 Å². The lowest BCUT2D eigenvalue weighted by Crippen LogP contribution is -2.41. The quantitative estimate of drug-likeness (QED) is 0.814. The number of H-pyrrole nitrogens is 1. The molecule has 1 N–H and O–H groups in total. The molecule has 1 fully saturated rings. The van der Waals surface area contributed by atoms with Gasteiger partial charge >= 0.3 is 0 Å². The lowest BCUT2D eigenvalue weighted by atomic mass is 9.98. The van der Waals surface area contributed by atoms with E-state index in [2.05, 4.69) is 16.9 Å². The van der Waals surface area contributed by atoms with Gasteiger partial charge in [0.1, 0.15) is 11.4 Å². The van der Waals surface area contributed by atoms with Crippen molar-refractivity contribution in [3.8, 4) is 0 Å². The summed E-state index contributed by atoms with van der Waals surface area (Å²) < 4.78 is 0. The summed E-state index contributed by atoms with van der Waals surface area (Å²) in [5.74, 6) is 1.01. The third-order valence-corrected chi connectivity index (χ3v) is 3.50. The number of nitrogens with zero attached hydrogens (tertiary/aromatic N) is 2. The number of amides is 1. The van der Waals surface area contributed by atoms with Crippen molar-refractivity contribution in [3.63, 3.8) is 0 Å². The van der Waals surface area contributed by atoms with Gasteiger partial charge in [-0.25, -0.2) is 4.98 Å². The number of aromatic nitrogens is 2. The first kappa shape index (κ1) is 12.8. The smallest absolute Gasteiger partial charge is 0.264 e. The Morgan fingerprint density at radius 2 is 1.94 bits per heavy atom. The second-order valence-corrected chi connectivity index (χ2v) is 5.09. The van der Waals surface area contributed by atoms with Crippen LogP contribution in [0.25, 0.3) is 0 Å². The number of hydrogen-bond donors (Lipinski definition) is 1.